The van der Waals surface area contributed by atoms with E-state index in [0.717, 1.165) is 34.4 Å². The van der Waals surface area contributed by atoms with Gasteiger partial charge < -0.3 is 19.5 Å². The molecule has 0 saturated carbocycles. The van der Waals surface area contributed by atoms with Crippen LogP contribution in [-0.2, 0) is 20.7 Å². The molecule has 0 saturated heterocycles. The lowest BCUT2D eigenvalue weighted by Gasteiger charge is -2.27. The van der Waals surface area contributed by atoms with Crippen LogP contribution in [0.5, 0.6) is 0 Å². The average Bonchev–Trinajstić information content (AvgIpc) is 2.93. The van der Waals surface area contributed by atoms with Gasteiger partial charge in [0, 0.05) is 23.9 Å². The molecule has 3 aromatic rings. The van der Waals surface area contributed by atoms with Crippen molar-refractivity contribution >= 4 is 11.9 Å². The summed E-state index contributed by atoms with van der Waals surface area (Å²) in [7, 11) is 3.97. The van der Waals surface area contributed by atoms with Crippen molar-refractivity contribution in [2.24, 2.45) is 5.92 Å². The minimum absolute atomic E-state index is 0.0817. The van der Waals surface area contributed by atoms with Gasteiger partial charge in [0.15, 0.2) is 0 Å². The number of nitrogens with one attached hydrogen (secondary N) is 1. The molecule has 1 unspecified atom stereocenters. The third-order valence-electron chi connectivity index (χ3n) is 7.88. The highest BCUT2D eigenvalue weighted by atomic mass is 19.1. The van der Waals surface area contributed by atoms with Crippen molar-refractivity contribution in [1.29, 1.82) is 0 Å². The van der Waals surface area contributed by atoms with Crippen LogP contribution in [0, 0.1) is 39.4 Å². The summed E-state index contributed by atoms with van der Waals surface area (Å²) in [6.07, 6.45) is 2.61. The fourth-order valence-corrected chi connectivity index (χ4v) is 5.69. The first-order valence-electron chi connectivity index (χ1n) is 15.4. The quantitative estimate of drug-likeness (QED) is 0.229. The van der Waals surface area contributed by atoms with Crippen LogP contribution in [0.25, 0.3) is 11.1 Å². The molecule has 44 heavy (non-hydrogen) atoms. The predicted molar refractivity (Wildman–Crippen MR) is 174 cm³/mol. The number of esters is 1. The minimum atomic E-state index is -1.01. The number of carbonyl (C=O) groups excluding carboxylic acids is 2. The van der Waals surface area contributed by atoms with Crippen molar-refractivity contribution in [2.75, 3.05) is 27.2 Å². The molecule has 0 fully saturated rings. The molecule has 2 atom stereocenters. The number of aromatic nitrogens is 1. The molecule has 1 aromatic heterocycles. The van der Waals surface area contributed by atoms with Gasteiger partial charge >= 0.3 is 5.97 Å². The first-order chi connectivity index (χ1) is 20.7. The third-order valence-corrected chi connectivity index (χ3v) is 7.88. The SMILES string of the molecule is CCOC(=O)C[C@H](NC(=O)C(CC(C)C)n1cc(CCN(C)C)cc(C)c1=O)c1cc(-c2c(C)cccc2C)cc(C)c1F. The second-order valence-corrected chi connectivity index (χ2v) is 12.5. The fourth-order valence-electron chi connectivity index (χ4n) is 5.69. The van der Waals surface area contributed by atoms with Crippen LogP contribution in [0.4, 0.5) is 4.39 Å². The number of rotatable bonds is 13. The van der Waals surface area contributed by atoms with Gasteiger partial charge in [0.05, 0.1) is 19.1 Å². The van der Waals surface area contributed by atoms with E-state index in [-0.39, 0.29) is 30.1 Å². The Morgan fingerprint density at radius 1 is 1.00 bits per heavy atom. The number of likely N-dealkylation sites (N-methyl/N-ethyl adjacent to an activating group) is 1. The molecule has 7 nitrogen and oxygen atoms in total. The molecule has 1 N–H and O–H groups in total. The highest BCUT2D eigenvalue weighted by molar-refractivity contribution is 5.82. The number of ether oxygens (including phenoxy) is 1. The van der Waals surface area contributed by atoms with Gasteiger partial charge in [0.2, 0.25) is 5.91 Å². The van der Waals surface area contributed by atoms with E-state index in [2.05, 4.69) is 10.2 Å². The van der Waals surface area contributed by atoms with E-state index in [1.807, 2.05) is 66.1 Å². The summed E-state index contributed by atoms with van der Waals surface area (Å²) >= 11 is 0. The molecule has 3 rings (SSSR count). The monoisotopic (exact) mass is 605 g/mol. The van der Waals surface area contributed by atoms with Gasteiger partial charge in [-0.1, -0.05) is 32.0 Å². The zero-order valence-electron chi connectivity index (χ0n) is 27.7. The fraction of sp³-hybridized carbons (Fsp3) is 0.472. The van der Waals surface area contributed by atoms with Crippen LogP contribution in [0.15, 0.2) is 47.4 Å². The zero-order chi connectivity index (χ0) is 32.7. The van der Waals surface area contributed by atoms with E-state index in [9.17, 15) is 14.4 Å². The highest BCUT2D eigenvalue weighted by Gasteiger charge is 2.30. The Morgan fingerprint density at radius 2 is 1.66 bits per heavy atom. The van der Waals surface area contributed by atoms with Gasteiger partial charge in [-0.3, -0.25) is 14.4 Å². The number of halogens is 1. The molecule has 8 heteroatoms. The number of hydrogen-bond acceptors (Lipinski definition) is 5. The van der Waals surface area contributed by atoms with Gasteiger partial charge in [-0.25, -0.2) is 4.39 Å². The Balaban J connectivity index is 2.12. The van der Waals surface area contributed by atoms with Gasteiger partial charge in [0.25, 0.3) is 5.56 Å². The summed E-state index contributed by atoms with van der Waals surface area (Å²) in [6.45, 7) is 14.1. The molecule has 0 aliphatic carbocycles. The van der Waals surface area contributed by atoms with Gasteiger partial charge in [-0.05, 0) is 119 Å². The molecule has 1 heterocycles. The second-order valence-electron chi connectivity index (χ2n) is 12.5. The molecule has 1 amide bonds. The maximum absolute atomic E-state index is 15.9. The summed E-state index contributed by atoms with van der Waals surface area (Å²) in [4.78, 5) is 42.4. The minimum Gasteiger partial charge on any atom is -0.466 e. The zero-order valence-corrected chi connectivity index (χ0v) is 27.7. The lowest BCUT2D eigenvalue weighted by atomic mass is 9.90. The Hall–Kier alpha value is -3.78. The molecule has 0 radical (unpaired) electrons. The average molecular weight is 606 g/mol. The van der Waals surface area contributed by atoms with Gasteiger partial charge in [-0.15, -0.1) is 0 Å². The summed E-state index contributed by atoms with van der Waals surface area (Å²) in [6, 6.07) is 9.50. The van der Waals surface area contributed by atoms with Crippen LogP contribution in [0.3, 0.4) is 0 Å². The van der Waals surface area contributed by atoms with E-state index in [0.29, 0.717) is 24.0 Å². The van der Waals surface area contributed by atoms with E-state index in [4.69, 9.17) is 4.74 Å². The molecule has 0 aliphatic rings. The number of aryl methyl sites for hydroxylation is 4. The molecule has 0 aliphatic heterocycles. The molecule has 238 valence electrons. The molecular weight excluding hydrogens is 557 g/mol. The Kier molecular flexibility index (Phi) is 12.1. The van der Waals surface area contributed by atoms with E-state index >= 15 is 4.39 Å². The van der Waals surface area contributed by atoms with Crippen molar-refractivity contribution in [3.05, 3.63) is 92.1 Å². The van der Waals surface area contributed by atoms with Crippen molar-refractivity contribution in [3.8, 4) is 11.1 Å². The lowest BCUT2D eigenvalue weighted by Crippen LogP contribution is -2.41. The molecular formula is C36H48FN3O4. The van der Waals surface area contributed by atoms with Crippen LogP contribution < -0.4 is 10.9 Å². The van der Waals surface area contributed by atoms with E-state index in [1.165, 1.54) is 4.57 Å². The largest absolute Gasteiger partial charge is 0.466 e. The van der Waals surface area contributed by atoms with E-state index in [1.54, 1.807) is 39.1 Å². The van der Waals surface area contributed by atoms with Crippen LogP contribution in [0.1, 0.15) is 79.1 Å². The number of carbonyl (C=O) groups is 2. The standard InChI is InChI=1S/C36H48FN3O4/c1-10-44-32(41)20-30(29-19-28(18-25(6)34(29)37)33-23(4)12-11-13-24(33)5)38-35(42)31(16-22(2)3)40-21-27(14-15-39(8)9)17-26(7)36(40)43/h11-13,17-19,21-22,30-31H,10,14-16,20H2,1-9H3,(H,38,42)/t30-,31?/m0/s1. The first-order valence-corrected chi connectivity index (χ1v) is 15.4. The summed E-state index contributed by atoms with van der Waals surface area (Å²) < 4.78 is 22.7. The number of hydrogen-bond donors (Lipinski definition) is 1. The highest BCUT2D eigenvalue weighted by Crippen LogP contribution is 2.34. The molecule has 2 aromatic carbocycles. The van der Waals surface area contributed by atoms with Gasteiger partial charge in [-0.2, -0.15) is 0 Å². The third kappa shape index (κ3) is 8.65. The van der Waals surface area contributed by atoms with Crippen molar-refractivity contribution in [3.63, 3.8) is 0 Å². The van der Waals surface area contributed by atoms with Gasteiger partial charge in [0.1, 0.15) is 11.9 Å². The summed E-state index contributed by atoms with van der Waals surface area (Å²) in [5.41, 5.74) is 5.71. The topological polar surface area (TPSA) is 80.6 Å². The van der Waals surface area contributed by atoms with Crippen LogP contribution in [-0.4, -0.2) is 48.6 Å². The summed E-state index contributed by atoms with van der Waals surface area (Å²) in [5.74, 6) is -1.41. The Morgan fingerprint density at radius 3 is 2.25 bits per heavy atom. The smallest absolute Gasteiger partial charge is 0.308 e. The second kappa shape index (κ2) is 15.3. The van der Waals surface area contributed by atoms with Crippen molar-refractivity contribution in [1.82, 2.24) is 14.8 Å². The number of pyridine rings is 1. The lowest BCUT2D eigenvalue weighted by molar-refractivity contribution is -0.144. The first kappa shape index (κ1) is 34.7. The maximum Gasteiger partial charge on any atom is 0.308 e. The molecule has 0 spiro atoms. The molecule has 0 bridgehead atoms. The normalized spacial score (nSPS) is 12.8. The number of amides is 1. The van der Waals surface area contributed by atoms with E-state index < -0.39 is 29.8 Å². The predicted octanol–water partition coefficient (Wildman–Crippen LogP) is 6.39. The number of benzene rings is 2. The van der Waals surface area contributed by atoms with Crippen LogP contribution >= 0.6 is 0 Å². The number of nitrogens with zero attached hydrogens (tertiary/aromatic N) is 2. The maximum atomic E-state index is 15.9. The van der Waals surface area contributed by atoms with Crippen LogP contribution in [0.2, 0.25) is 0 Å². The summed E-state index contributed by atoms with van der Waals surface area (Å²) in [5, 5.41) is 2.97. The van der Waals surface area contributed by atoms with Crippen molar-refractivity contribution < 1.29 is 18.7 Å². The Labute approximate surface area is 261 Å². The Bertz CT molecular complexity index is 1520. The van der Waals surface area contributed by atoms with Crippen molar-refractivity contribution in [2.45, 2.75) is 79.8 Å².